The van der Waals surface area contributed by atoms with Crippen LogP contribution in [0.2, 0.25) is 0 Å². The molecule has 1 aliphatic heterocycles. The van der Waals surface area contributed by atoms with Gasteiger partial charge in [-0.25, -0.2) is 4.79 Å². The molecule has 0 bridgehead atoms. The highest BCUT2D eigenvalue weighted by atomic mass is 32.2. The van der Waals surface area contributed by atoms with Crippen LogP contribution in [0.4, 0.5) is 4.79 Å². The number of aromatic carboxylic acids is 1. The molecule has 6 nitrogen and oxygen atoms in total. The zero-order chi connectivity index (χ0) is 22.0. The number of aryl methyl sites for hydroxylation is 1. The Morgan fingerprint density at radius 1 is 1.10 bits per heavy atom. The summed E-state index contributed by atoms with van der Waals surface area (Å²) in [5.74, 6) is -0.307. The summed E-state index contributed by atoms with van der Waals surface area (Å²) in [5, 5.41) is 8.82. The molecule has 2 heterocycles. The Kier molecular flexibility index (Phi) is 5.77. The van der Waals surface area contributed by atoms with E-state index in [2.05, 4.69) is 0 Å². The molecule has 0 atom stereocenters. The van der Waals surface area contributed by atoms with E-state index in [1.54, 1.807) is 30.3 Å². The van der Waals surface area contributed by atoms with Crippen molar-refractivity contribution in [3.05, 3.63) is 88.0 Å². The van der Waals surface area contributed by atoms with Gasteiger partial charge in [0.2, 0.25) is 0 Å². The second kappa shape index (κ2) is 8.65. The van der Waals surface area contributed by atoms with Gasteiger partial charge in [0.05, 0.1) is 10.5 Å². The zero-order valence-corrected chi connectivity index (χ0v) is 17.5. The van der Waals surface area contributed by atoms with Crippen LogP contribution in [0.25, 0.3) is 17.4 Å². The van der Waals surface area contributed by atoms with Crippen LogP contribution >= 0.6 is 11.8 Å². The molecular formula is C24H19NO5S. The van der Waals surface area contributed by atoms with E-state index in [-0.39, 0.29) is 16.7 Å². The summed E-state index contributed by atoms with van der Waals surface area (Å²) in [4.78, 5) is 37.7. The zero-order valence-electron chi connectivity index (χ0n) is 16.7. The highest BCUT2D eigenvalue weighted by Crippen LogP contribution is 2.34. The fourth-order valence-electron chi connectivity index (χ4n) is 3.36. The average molecular weight is 433 g/mol. The summed E-state index contributed by atoms with van der Waals surface area (Å²) < 4.78 is 5.84. The number of imide groups is 1. The highest BCUT2D eigenvalue weighted by molar-refractivity contribution is 8.18. The molecule has 1 fully saturated rings. The third-order valence-corrected chi connectivity index (χ3v) is 5.89. The van der Waals surface area contributed by atoms with Crippen molar-refractivity contribution < 1.29 is 23.9 Å². The molecule has 0 unspecified atom stereocenters. The SMILES string of the molecule is Cc1cc(C(=O)O)ccc1-c1ccc(/C=C2\SC(=O)N(CCc3ccccc3)C2=O)o1. The number of carbonyl (C=O) groups excluding carboxylic acids is 2. The number of furan rings is 1. The minimum atomic E-state index is -0.988. The molecule has 1 aliphatic rings. The van der Waals surface area contributed by atoms with Crippen LogP contribution in [-0.4, -0.2) is 33.7 Å². The maximum Gasteiger partial charge on any atom is 0.335 e. The van der Waals surface area contributed by atoms with Crippen LogP contribution in [0.15, 0.2) is 70.0 Å². The van der Waals surface area contributed by atoms with Gasteiger partial charge in [-0.05, 0) is 60.5 Å². The molecule has 2 aromatic carbocycles. The van der Waals surface area contributed by atoms with Gasteiger partial charge in [0.25, 0.3) is 11.1 Å². The van der Waals surface area contributed by atoms with Crippen LogP contribution in [0.5, 0.6) is 0 Å². The quantitative estimate of drug-likeness (QED) is 0.536. The molecule has 4 rings (SSSR count). The predicted octanol–water partition coefficient (Wildman–Crippen LogP) is 5.23. The molecule has 2 amide bonds. The summed E-state index contributed by atoms with van der Waals surface area (Å²) in [6.45, 7) is 2.13. The first-order chi connectivity index (χ1) is 14.9. The predicted molar refractivity (Wildman–Crippen MR) is 119 cm³/mol. The summed E-state index contributed by atoms with van der Waals surface area (Å²) >= 11 is 0.898. The van der Waals surface area contributed by atoms with Gasteiger partial charge in [0, 0.05) is 18.2 Å². The normalized spacial score (nSPS) is 15.1. The monoisotopic (exact) mass is 433 g/mol. The molecule has 1 N–H and O–H groups in total. The third-order valence-electron chi connectivity index (χ3n) is 4.98. The lowest BCUT2D eigenvalue weighted by molar-refractivity contribution is -0.122. The lowest BCUT2D eigenvalue weighted by atomic mass is 10.0. The lowest BCUT2D eigenvalue weighted by Crippen LogP contribution is -2.30. The lowest BCUT2D eigenvalue weighted by Gasteiger charge is -2.11. The van der Waals surface area contributed by atoms with Gasteiger partial charge in [-0.15, -0.1) is 0 Å². The van der Waals surface area contributed by atoms with Crippen molar-refractivity contribution in [2.75, 3.05) is 6.54 Å². The number of carbonyl (C=O) groups is 3. The van der Waals surface area contributed by atoms with E-state index < -0.39 is 5.97 Å². The fraction of sp³-hybridized carbons (Fsp3) is 0.125. The van der Waals surface area contributed by atoms with E-state index in [1.165, 1.54) is 11.0 Å². The van der Waals surface area contributed by atoms with E-state index in [1.807, 2.05) is 37.3 Å². The number of thioether (sulfide) groups is 1. The number of rotatable bonds is 6. The van der Waals surface area contributed by atoms with Crippen molar-refractivity contribution in [3.8, 4) is 11.3 Å². The van der Waals surface area contributed by atoms with Gasteiger partial charge in [0.15, 0.2) is 0 Å². The second-order valence-corrected chi connectivity index (χ2v) is 8.10. The van der Waals surface area contributed by atoms with Crippen molar-refractivity contribution >= 4 is 35.0 Å². The van der Waals surface area contributed by atoms with Crippen molar-refractivity contribution in [2.24, 2.45) is 0 Å². The maximum absolute atomic E-state index is 12.7. The Morgan fingerprint density at radius 3 is 2.58 bits per heavy atom. The molecular weight excluding hydrogens is 414 g/mol. The van der Waals surface area contributed by atoms with Crippen molar-refractivity contribution in [1.29, 1.82) is 0 Å². The Bertz CT molecular complexity index is 1200. The third kappa shape index (κ3) is 4.46. The first-order valence-electron chi connectivity index (χ1n) is 9.66. The summed E-state index contributed by atoms with van der Waals surface area (Å²) in [5.41, 5.74) is 2.80. The van der Waals surface area contributed by atoms with E-state index in [0.717, 1.165) is 28.5 Å². The van der Waals surface area contributed by atoms with Crippen LogP contribution in [0, 0.1) is 6.92 Å². The first-order valence-corrected chi connectivity index (χ1v) is 10.5. The molecule has 0 saturated carbocycles. The molecule has 0 radical (unpaired) electrons. The molecule has 7 heteroatoms. The van der Waals surface area contributed by atoms with Crippen molar-refractivity contribution in [2.45, 2.75) is 13.3 Å². The van der Waals surface area contributed by atoms with Crippen LogP contribution in [0.1, 0.15) is 27.2 Å². The van der Waals surface area contributed by atoms with Gasteiger partial charge in [-0.2, -0.15) is 0 Å². The second-order valence-electron chi connectivity index (χ2n) is 7.11. The number of carboxylic acid groups (broad SMARTS) is 1. The standard InChI is InChI=1S/C24H19NO5S/c1-15-13-17(23(27)28)7-9-19(15)20-10-8-18(30-20)14-21-22(26)25(24(29)31-21)12-11-16-5-3-2-4-6-16/h2-10,13-14H,11-12H2,1H3,(H,27,28)/b21-14-. The van der Waals surface area contributed by atoms with E-state index >= 15 is 0 Å². The number of hydrogen-bond donors (Lipinski definition) is 1. The molecule has 156 valence electrons. The van der Waals surface area contributed by atoms with Crippen LogP contribution in [0.3, 0.4) is 0 Å². The average Bonchev–Trinajstić information content (AvgIpc) is 3.32. The number of nitrogens with zero attached hydrogens (tertiary/aromatic N) is 1. The smallest absolute Gasteiger partial charge is 0.335 e. The van der Waals surface area contributed by atoms with Crippen molar-refractivity contribution in [3.63, 3.8) is 0 Å². The van der Waals surface area contributed by atoms with Gasteiger partial charge in [0.1, 0.15) is 11.5 Å². The maximum atomic E-state index is 12.7. The minimum Gasteiger partial charge on any atom is -0.478 e. The van der Waals surface area contributed by atoms with Gasteiger partial charge in [-0.3, -0.25) is 14.5 Å². The Morgan fingerprint density at radius 2 is 1.87 bits per heavy atom. The number of amides is 2. The highest BCUT2D eigenvalue weighted by Gasteiger charge is 2.34. The molecule has 0 spiro atoms. The minimum absolute atomic E-state index is 0.206. The molecule has 1 aromatic heterocycles. The van der Waals surface area contributed by atoms with Crippen LogP contribution < -0.4 is 0 Å². The summed E-state index contributed by atoms with van der Waals surface area (Å²) in [7, 11) is 0. The Balaban J connectivity index is 1.49. The topological polar surface area (TPSA) is 87.8 Å². The number of hydrogen-bond acceptors (Lipinski definition) is 5. The molecule has 31 heavy (non-hydrogen) atoms. The Hall–Kier alpha value is -3.58. The van der Waals surface area contributed by atoms with Gasteiger partial charge in [-0.1, -0.05) is 36.4 Å². The van der Waals surface area contributed by atoms with E-state index in [4.69, 9.17) is 9.52 Å². The Labute approximate surface area is 183 Å². The number of carboxylic acids is 1. The summed E-state index contributed by atoms with van der Waals surface area (Å²) in [6.07, 6.45) is 2.17. The van der Waals surface area contributed by atoms with E-state index in [9.17, 15) is 14.4 Å². The fourth-order valence-corrected chi connectivity index (χ4v) is 4.20. The molecule has 0 aliphatic carbocycles. The molecule has 1 saturated heterocycles. The number of benzene rings is 2. The van der Waals surface area contributed by atoms with E-state index in [0.29, 0.717) is 29.4 Å². The summed E-state index contributed by atoms with van der Waals surface area (Å²) in [6, 6.07) is 18.0. The van der Waals surface area contributed by atoms with Crippen molar-refractivity contribution in [1.82, 2.24) is 4.90 Å². The molecule has 3 aromatic rings. The first kappa shape index (κ1) is 20.7. The van der Waals surface area contributed by atoms with Gasteiger partial charge >= 0.3 is 5.97 Å². The van der Waals surface area contributed by atoms with Crippen LogP contribution in [-0.2, 0) is 11.2 Å². The van der Waals surface area contributed by atoms with Gasteiger partial charge < -0.3 is 9.52 Å². The largest absolute Gasteiger partial charge is 0.478 e.